The van der Waals surface area contributed by atoms with Gasteiger partial charge in [0.15, 0.2) is 5.69 Å². The van der Waals surface area contributed by atoms with Crippen LogP contribution in [-0.2, 0) is 11.8 Å². The van der Waals surface area contributed by atoms with E-state index >= 15 is 0 Å². The summed E-state index contributed by atoms with van der Waals surface area (Å²) in [7, 11) is 4.85. The number of nitrogens with one attached hydrogen (secondary N) is 1. The van der Waals surface area contributed by atoms with E-state index in [-0.39, 0.29) is 17.5 Å². The van der Waals surface area contributed by atoms with Crippen LogP contribution < -0.4 is 20.5 Å². The maximum absolute atomic E-state index is 13.1. The van der Waals surface area contributed by atoms with E-state index in [0.29, 0.717) is 30.8 Å². The molecular weight excluding hydrogens is 426 g/mol. The highest BCUT2D eigenvalue weighted by Crippen LogP contribution is 2.36. The molecule has 10 heteroatoms. The maximum Gasteiger partial charge on any atom is 0.297 e. The van der Waals surface area contributed by atoms with Crippen LogP contribution in [-0.4, -0.2) is 48.0 Å². The van der Waals surface area contributed by atoms with Gasteiger partial charge in [0.05, 0.1) is 19.3 Å². The van der Waals surface area contributed by atoms with E-state index in [1.807, 2.05) is 30.1 Å². The highest BCUT2D eigenvalue weighted by molar-refractivity contribution is 6.04. The Labute approximate surface area is 191 Å². The summed E-state index contributed by atoms with van der Waals surface area (Å²) in [6, 6.07) is 10.0. The summed E-state index contributed by atoms with van der Waals surface area (Å²) >= 11 is 0. The minimum absolute atomic E-state index is 0.0596. The molecule has 0 saturated carbocycles. The Bertz CT molecular complexity index is 1140. The number of aromatic nitrogens is 3. The van der Waals surface area contributed by atoms with Gasteiger partial charge in [-0.3, -0.25) is 14.2 Å². The summed E-state index contributed by atoms with van der Waals surface area (Å²) in [5.41, 5.74) is 0.891. The lowest BCUT2D eigenvalue weighted by Crippen LogP contribution is -2.38. The van der Waals surface area contributed by atoms with Crippen molar-refractivity contribution < 1.29 is 18.8 Å². The van der Waals surface area contributed by atoms with Crippen molar-refractivity contribution in [3.8, 4) is 5.75 Å². The molecule has 2 aromatic heterocycles. The number of amides is 1. The Morgan fingerprint density at radius 2 is 2.00 bits per heavy atom. The van der Waals surface area contributed by atoms with E-state index in [4.69, 9.17) is 14.0 Å². The molecule has 1 aromatic carbocycles. The first-order chi connectivity index (χ1) is 16.0. The van der Waals surface area contributed by atoms with Crippen LogP contribution in [0.25, 0.3) is 0 Å². The lowest BCUT2D eigenvalue weighted by Gasteiger charge is -2.38. The van der Waals surface area contributed by atoms with Gasteiger partial charge >= 0.3 is 0 Å². The zero-order valence-electron chi connectivity index (χ0n) is 18.9. The molecule has 0 bridgehead atoms. The number of hydrogen-bond donors (Lipinski definition) is 1. The first kappa shape index (κ1) is 22.5. The summed E-state index contributed by atoms with van der Waals surface area (Å²) in [6.07, 6.45) is 4.41. The fourth-order valence-electron chi connectivity index (χ4n) is 4.30. The van der Waals surface area contributed by atoms with Crippen LogP contribution in [0.4, 0.5) is 11.6 Å². The Balaban J connectivity index is 1.77. The molecule has 1 atom stereocenters. The number of methoxy groups -OCH3 is 1. The maximum atomic E-state index is 13.1. The van der Waals surface area contributed by atoms with Crippen molar-refractivity contribution >= 4 is 17.5 Å². The van der Waals surface area contributed by atoms with Gasteiger partial charge in [-0.2, -0.15) is 0 Å². The lowest BCUT2D eigenvalue weighted by atomic mass is 9.86. The van der Waals surface area contributed by atoms with Crippen molar-refractivity contribution in [3.05, 3.63) is 64.4 Å². The van der Waals surface area contributed by atoms with Crippen LogP contribution in [0.5, 0.6) is 5.75 Å². The van der Waals surface area contributed by atoms with Crippen LogP contribution in [0, 0.1) is 5.92 Å². The molecule has 3 heterocycles. The van der Waals surface area contributed by atoms with Gasteiger partial charge in [0, 0.05) is 27.3 Å². The molecule has 3 aromatic rings. The largest absolute Gasteiger partial charge is 0.489 e. The zero-order valence-corrected chi connectivity index (χ0v) is 18.9. The number of rotatable bonds is 7. The standard InChI is InChI=1S/C23H27N5O5/c1-27(19(15-7-5-4-6-8-15)16-9-11-32-12-10-16)23-26-18(20(31-3)22(30)28(23)2)21(29)25-17-13-24-33-14-17/h4-8,13-14,16,19H,9-12H2,1-3H3,(H,25,29). The van der Waals surface area contributed by atoms with Gasteiger partial charge in [0.25, 0.3) is 11.5 Å². The number of benzene rings is 1. The van der Waals surface area contributed by atoms with Crippen molar-refractivity contribution in [1.29, 1.82) is 0 Å². The van der Waals surface area contributed by atoms with Gasteiger partial charge in [0.1, 0.15) is 12.0 Å². The SMILES string of the molecule is COc1c(C(=O)Nc2cnoc2)nc(N(C)C(c2ccccc2)C2CCOCC2)n(C)c1=O. The van der Waals surface area contributed by atoms with Gasteiger partial charge < -0.3 is 24.2 Å². The molecule has 0 radical (unpaired) electrons. The minimum Gasteiger partial charge on any atom is -0.489 e. The van der Waals surface area contributed by atoms with E-state index in [1.54, 1.807) is 7.05 Å². The Hall–Kier alpha value is -3.66. The second-order valence-corrected chi connectivity index (χ2v) is 7.94. The number of hydrogen-bond acceptors (Lipinski definition) is 8. The van der Waals surface area contributed by atoms with Crippen LogP contribution in [0.15, 0.2) is 52.1 Å². The highest BCUT2D eigenvalue weighted by atomic mass is 16.5. The average Bonchev–Trinajstić information content (AvgIpc) is 3.35. The highest BCUT2D eigenvalue weighted by Gasteiger charge is 2.32. The predicted octanol–water partition coefficient (Wildman–Crippen LogP) is 2.63. The molecule has 174 valence electrons. The van der Waals surface area contributed by atoms with Crippen molar-refractivity contribution in [2.45, 2.75) is 18.9 Å². The monoisotopic (exact) mass is 453 g/mol. The molecule has 0 aliphatic carbocycles. The normalized spacial score (nSPS) is 15.1. The topological polar surface area (TPSA) is 112 Å². The van der Waals surface area contributed by atoms with E-state index in [1.165, 1.54) is 24.1 Å². The molecule has 1 aliphatic rings. The predicted molar refractivity (Wildman–Crippen MR) is 122 cm³/mol. The van der Waals surface area contributed by atoms with E-state index in [9.17, 15) is 9.59 Å². The number of carbonyl (C=O) groups is 1. The molecule has 1 N–H and O–H groups in total. The fourth-order valence-corrected chi connectivity index (χ4v) is 4.30. The van der Waals surface area contributed by atoms with Crippen molar-refractivity contribution in [1.82, 2.24) is 14.7 Å². The lowest BCUT2D eigenvalue weighted by molar-refractivity contribution is 0.0576. The summed E-state index contributed by atoms with van der Waals surface area (Å²) < 4.78 is 17.0. The second-order valence-electron chi connectivity index (χ2n) is 7.94. The number of anilines is 2. The third-order valence-corrected chi connectivity index (χ3v) is 5.92. The molecule has 0 spiro atoms. The number of carbonyl (C=O) groups excluding carboxylic acids is 1. The number of ether oxygens (including phenoxy) is 2. The molecule has 33 heavy (non-hydrogen) atoms. The first-order valence-corrected chi connectivity index (χ1v) is 10.7. The van der Waals surface area contributed by atoms with Gasteiger partial charge in [0.2, 0.25) is 11.7 Å². The molecule has 1 fully saturated rings. The Morgan fingerprint density at radius 1 is 1.27 bits per heavy atom. The molecule has 4 rings (SSSR count). The minimum atomic E-state index is -0.593. The second kappa shape index (κ2) is 9.86. The quantitative estimate of drug-likeness (QED) is 0.581. The van der Waals surface area contributed by atoms with Gasteiger partial charge in [-0.25, -0.2) is 4.98 Å². The third kappa shape index (κ3) is 4.61. The summed E-state index contributed by atoms with van der Waals surface area (Å²) in [6.45, 7) is 1.37. The molecular formula is C23H27N5O5. The summed E-state index contributed by atoms with van der Waals surface area (Å²) in [4.78, 5) is 32.6. The summed E-state index contributed by atoms with van der Waals surface area (Å²) in [5, 5.41) is 6.20. The van der Waals surface area contributed by atoms with Crippen LogP contribution >= 0.6 is 0 Å². The fraction of sp³-hybridized carbons (Fsp3) is 0.391. The van der Waals surface area contributed by atoms with E-state index in [0.717, 1.165) is 18.4 Å². The Kier molecular flexibility index (Phi) is 6.74. The zero-order chi connectivity index (χ0) is 23.4. The molecule has 1 unspecified atom stereocenters. The number of nitrogens with zero attached hydrogens (tertiary/aromatic N) is 4. The van der Waals surface area contributed by atoms with Crippen molar-refractivity contribution in [2.75, 3.05) is 37.6 Å². The van der Waals surface area contributed by atoms with Crippen molar-refractivity contribution in [2.24, 2.45) is 13.0 Å². The molecule has 1 saturated heterocycles. The Morgan fingerprint density at radius 3 is 2.64 bits per heavy atom. The molecule has 10 nitrogen and oxygen atoms in total. The smallest absolute Gasteiger partial charge is 0.297 e. The first-order valence-electron chi connectivity index (χ1n) is 10.7. The average molecular weight is 453 g/mol. The van der Waals surface area contributed by atoms with E-state index in [2.05, 4.69) is 27.6 Å². The molecule has 1 aliphatic heterocycles. The van der Waals surface area contributed by atoms with Crippen molar-refractivity contribution in [3.63, 3.8) is 0 Å². The van der Waals surface area contributed by atoms with Gasteiger partial charge in [-0.1, -0.05) is 35.5 Å². The van der Waals surface area contributed by atoms with Crippen LogP contribution in [0.3, 0.4) is 0 Å². The third-order valence-electron chi connectivity index (χ3n) is 5.92. The van der Waals surface area contributed by atoms with E-state index < -0.39 is 11.5 Å². The van der Waals surface area contributed by atoms with Crippen LogP contribution in [0.1, 0.15) is 34.9 Å². The molecule has 1 amide bonds. The van der Waals surface area contributed by atoms with Gasteiger partial charge in [-0.05, 0) is 24.3 Å². The van der Waals surface area contributed by atoms with Gasteiger partial charge in [-0.15, -0.1) is 0 Å². The summed E-state index contributed by atoms with van der Waals surface area (Å²) in [5.74, 6) is -0.0771. The van der Waals surface area contributed by atoms with Crippen LogP contribution in [0.2, 0.25) is 0 Å².